The van der Waals surface area contributed by atoms with Gasteiger partial charge in [0.25, 0.3) is 0 Å². The molecule has 0 amide bonds. The highest BCUT2D eigenvalue weighted by Crippen LogP contribution is 2.21. The Bertz CT molecular complexity index is 216. The van der Waals surface area contributed by atoms with E-state index in [1.807, 2.05) is 0 Å². The number of nitrogens with two attached hydrogens (primary N) is 1. The summed E-state index contributed by atoms with van der Waals surface area (Å²) < 4.78 is 10.6. The number of aliphatic hydroxyl groups excluding tert-OH is 3. The molecule has 0 aromatic carbocycles. The average molecular weight is 249 g/mol. The number of hydrogen-bond acceptors (Lipinski definition) is 6. The third-order valence-corrected chi connectivity index (χ3v) is 2.94. The number of ether oxygens (including phenoxy) is 2. The Kier molecular flexibility index (Phi) is 6.32. The molecule has 6 heteroatoms. The van der Waals surface area contributed by atoms with E-state index in [1.54, 1.807) is 6.92 Å². The molecule has 1 rings (SSSR count). The predicted molar refractivity (Wildman–Crippen MR) is 61.2 cm³/mol. The molecular formula is C11H23NO5. The quantitative estimate of drug-likeness (QED) is 0.448. The molecule has 102 valence electrons. The van der Waals surface area contributed by atoms with Crippen molar-refractivity contribution in [1.29, 1.82) is 0 Å². The van der Waals surface area contributed by atoms with Gasteiger partial charge in [-0.3, -0.25) is 0 Å². The highest BCUT2D eigenvalue weighted by Gasteiger charge is 2.42. The van der Waals surface area contributed by atoms with Crippen molar-refractivity contribution in [3.05, 3.63) is 0 Å². The first-order valence-electron chi connectivity index (χ1n) is 6.09. The van der Waals surface area contributed by atoms with Crippen molar-refractivity contribution in [3.63, 3.8) is 0 Å². The minimum atomic E-state index is -1.23. The minimum Gasteiger partial charge on any atom is -0.388 e. The van der Waals surface area contributed by atoms with Crippen LogP contribution in [0.2, 0.25) is 0 Å². The third-order valence-electron chi connectivity index (χ3n) is 2.94. The van der Waals surface area contributed by atoms with Gasteiger partial charge in [0.2, 0.25) is 0 Å². The Morgan fingerprint density at radius 2 is 1.76 bits per heavy atom. The molecular weight excluding hydrogens is 226 g/mol. The van der Waals surface area contributed by atoms with Gasteiger partial charge < -0.3 is 30.5 Å². The standard InChI is InChI=1S/C11H23NO5/c1-7-8(13)9(14)10(15)11(17-7)16-6-4-2-3-5-12/h7-11,13-15H,2-6,12H2,1H3/t7-,8+,9+,10-,11-/m0/s1. The summed E-state index contributed by atoms with van der Waals surface area (Å²) in [5.41, 5.74) is 5.36. The third kappa shape index (κ3) is 4.17. The number of unbranched alkanes of at least 4 members (excludes halogenated alkanes) is 2. The van der Waals surface area contributed by atoms with Crippen molar-refractivity contribution in [2.24, 2.45) is 5.73 Å². The molecule has 0 aromatic rings. The molecule has 17 heavy (non-hydrogen) atoms. The van der Waals surface area contributed by atoms with Crippen LogP contribution in [-0.4, -0.2) is 59.2 Å². The van der Waals surface area contributed by atoms with Crippen LogP contribution in [0.3, 0.4) is 0 Å². The van der Waals surface area contributed by atoms with E-state index in [4.69, 9.17) is 15.2 Å². The van der Waals surface area contributed by atoms with Crippen LogP contribution in [0.15, 0.2) is 0 Å². The van der Waals surface area contributed by atoms with Gasteiger partial charge in [-0.25, -0.2) is 0 Å². The molecule has 5 N–H and O–H groups in total. The van der Waals surface area contributed by atoms with Crippen molar-refractivity contribution in [1.82, 2.24) is 0 Å². The Labute approximate surface area is 101 Å². The fourth-order valence-electron chi connectivity index (χ4n) is 1.77. The Morgan fingerprint density at radius 3 is 2.41 bits per heavy atom. The number of rotatable bonds is 6. The van der Waals surface area contributed by atoms with E-state index in [0.717, 1.165) is 19.3 Å². The molecule has 6 nitrogen and oxygen atoms in total. The maximum Gasteiger partial charge on any atom is 0.186 e. The predicted octanol–water partition coefficient (Wildman–Crippen LogP) is -1.04. The summed E-state index contributed by atoms with van der Waals surface area (Å²) in [7, 11) is 0. The van der Waals surface area contributed by atoms with Gasteiger partial charge >= 0.3 is 0 Å². The van der Waals surface area contributed by atoms with Gasteiger partial charge in [0.15, 0.2) is 6.29 Å². The molecule has 1 heterocycles. The normalized spacial score (nSPS) is 38.3. The van der Waals surface area contributed by atoms with E-state index >= 15 is 0 Å². The lowest BCUT2D eigenvalue weighted by Crippen LogP contribution is -2.57. The lowest BCUT2D eigenvalue weighted by Gasteiger charge is -2.38. The molecule has 5 atom stereocenters. The molecule has 0 unspecified atom stereocenters. The molecule has 1 saturated heterocycles. The molecule has 0 bridgehead atoms. The topological polar surface area (TPSA) is 105 Å². The molecule has 1 fully saturated rings. The summed E-state index contributed by atoms with van der Waals surface area (Å²) in [5.74, 6) is 0. The summed E-state index contributed by atoms with van der Waals surface area (Å²) in [6.07, 6.45) is -2.22. The summed E-state index contributed by atoms with van der Waals surface area (Å²) in [6.45, 7) is 2.73. The Balaban J connectivity index is 2.28. The Morgan fingerprint density at radius 1 is 1.06 bits per heavy atom. The molecule has 1 aliphatic rings. The number of hydrogen-bond donors (Lipinski definition) is 4. The molecule has 0 aliphatic carbocycles. The zero-order valence-corrected chi connectivity index (χ0v) is 10.2. The van der Waals surface area contributed by atoms with Crippen LogP contribution in [0.1, 0.15) is 26.2 Å². The maximum absolute atomic E-state index is 9.65. The van der Waals surface area contributed by atoms with Crippen LogP contribution in [0, 0.1) is 0 Å². The lowest BCUT2D eigenvalue weighted by molar-refractivity contribution is -0.293. The minimum absolute atomic E-state index is 0.442. The molecule has 1 aliphatic heterocycles. The summed E-state index contributed by atoms with van der Waals surface area (Å²) >= 11 is 0. The van der Waals surface area contributed by atoms with E-state index in [9.17, 15) is 15.3 Å². The van der Waals surface area contributed by atoms with Gasteiger partial charge in [0.1, 0.15) is 18.3 Å². The van der Waals surface area contributed by atoms with Crippen molar-refractivity contribution in [2.75, 3.05) is 13.2 Å². The van der Waals surface area contributed by atoms with Crippen LogP contribution < -0.4 is 5.73 Å². The molecule has 0 aromatic heterocycles. The number of aliphatic hydroxyl groups is 3. The monoisotopic (exact) mass is 249 g/mol. The van der Waals surface area contributed by atoms with Gasteiger partial charge in [0, 0.05) is 6.61 Å². The van der Waals surface area contributed by atoms with E-state index in [1.165, 1.54) is 0 Å². The highest BCUT2D eigenvalue weighted by atomic mass is 16.7. The molecule has 0 radical (unpaired) electrons. The smallest absolute Gasteiger partial charge is 0.186 e. The summed E-state index contributed by atoms with van der Waals surface area (Å²) in [6, 6.07) is 0. The van der Waals surface area contributed by atoms with Gasteiger partial charge in [-0.1, -0.05) is 0 Å². The van der Waals surface area contributed by atoms with Crippen molar-refractivity contribution in [2.45, 2.75) is 56.9 Å². The van der Waals surface area contributed by atoms with E-state index in [0.29, 0.717) is 13.2 Å². The van der Waals surface area contributed by atoms with Crippen LogP contribution in [0.25, 0.3) is 0 Å². The second-order valence-electron chi connectivity index (χ2n) is 4.40. The second-order valence-corrected chi connectivity index (χ2v) is 4.40. The zero-order valence-electron chi connectivity index (χ0n) is 10.2. The van der Waals surface area contributed by atoms with Gasteiger partial charge in [-0.2, -0.15) is 0 Å². The van der Waals surface area contributed by atoms with Gasteiger partial charge in [0.05, 0.1) is 6.10 Å². The first-order valence-corrected chi connectivity index (χ1v) is 6.09. The lowest BCUT2D eigenvalue weighted by atomic mass is 10.0. The van der Waals surface area contributed by atoms with Crippen LogP contribution in [0.4, 0.5) is 0 Å². The first kappa shape index (κ1) is 14.8. The fraction of sp³-hybridized carbons (Fsp3) is 1.00. The largest absolute Gasteiger partial charge is 0.388 e. The van der Waals surface area contributed by atoms with Gasteiger partial charge in [-0.15, -0.1) is 0 Å². The van der Waals surface area contributed by atoms with Crippen molar-refractivity contribution in [3.8, 4) is 0 Å². The fourth-order valence-corrected chi connectivity index (χ4v) is 1.77. The second kappa shape index (κ2) is 7.25. The highest BCUT2D eigenvalue weighted by molar-refractivity contribution is 4.87. The van der Waals surface area contributed by atoms with E-state index < -0.39 is 30.7 Å². The summed E-state index contributed by atoms with van der Waals surface area (Å²) in [4.78, 5) is 0. The van der Waals surface area contributed by atoms with Crippen molar-refractivity contribution < 1.29 is 24.8 Å². The van der Waals surface area contributed by atoms with Crippen LogP contribution in [-0.2, 0) is 9.47 Å². The maximum atomic E-state index is 9.65. The zero-order chi connectivity index (χ0) is 12.8. The van der Waals surface area contributed by atoms with Crippen molar-refractivity contribution >= 4 is 0 Å². The Hall–Kier alpha value is -0.240. The van der Waals surface area contributed by atoms with E-state index in [-0.39, 0.29) is 0 Å². The SMILES string of the molecule is C[C@@H]1O[C@H](OCCCCCN)[C@@H](O)[C@H](O)[C@@H]1O. The summed E-state index contributed by atoms with van der Waals surface area (Å²) in [5, 5.41) is 28.7. The van der Waals surface area contributed by atoms with Crippen LogP contribution in [0.5, 0.6) is 0 Å². The molecule has 0 spiro atoms. The van der Waals surface area contributed by atoms with Crippen LogP contribution >= 0.6 is 0 Å². The first-order chi connectivity index (χ1) is 8.07. The molecule has 0 saturated carbocycles. The van der Waals surface area contributed by atoms with Gasteiger partial charge in [-0.05, 0) is 32.7 Å². The van der Waals surface area contributed by atoms with E-state index in [2.05, 4.69) is 0 Å². The average Bonchev–Trinajstić information content (AvgIpc) is 2.32.